The van der Waals surface area contributed by atoms with Gasteiger partial charge in [-0.05, 0) is 35.6 Å². The third-order valence-corrected chi connectivity index (χ3v) is 5.28. The Bertz CT molecular complexity index is 833. The Morgan fingerprint density at radius 2 is 1.90 bits per heavy atom. The first-order chi connectivity index (χ1) is 14.3. The molecule has 4 nitrogen and oxygen atoms in total. The SMILES string of the molecule is CC(C)C(c1cc(Cl)cc(Cc2ccccc2)c1F)N(CCC(N)CF)C(=O)CO. The number of carbonyl (C=O) groups excluding carboxylic acids is 1. The second kappa shape index (κ2) is 11.4. The van der Waals surface area contributed by atoms with Gasteiger partial charge < -0.3 is 15.7 Å². The minimum Gasteiger partial charge on any atom is -0.387 e. The van der Waals surface area contributed by atoms with Crippen molar-refractivity contribution in [2.75, 3.05) is 19.8 Å². The third-order valence-electron chi connectivity index (χ3n) is 5.06. The quantitative estimate of drug-likeness (QED) is 0.582. The van der Waals surface area contributed by atoms with Gasteiger partial charge >= 0.3 is 0 Å². The fourth-order valence-electron chi connectivity index (χ4n) is 3.61. The molecule has 3 N–H and O–H groups in total. The topological polar surface area (TPSA) is 66.6 Å². The second-order valence-electron chi connectivity index (χ2n) is 7.77. The number of aliphatic hydroxyl groups excluding tert-OH is 1. The molecule has 2 rings (SSSR count). The first-order valence-corrected chi connectivity index (χ1v) is 10.4. The van der Waals surface area contributed by atoms with Crippen molar-refractivity contribution in [1.29, 1.82) is 0 Å². The summed E-state index contributed by atoms with van der Waals surface area (Å²) in [5, 5.41) is 9.82. The molecule has 0 bridgehead atoms. The van der Waals surface area contributed by atoms with Gasteiger partial charge in [-0.2, -0.15) is 0 Å². The van der Waals surface area contributed by atoms with Crippen LogP contribution in [-0.4, -0.2) is 41.8 Å². The molecule has 2 aromatic rings. The summed E-state index contributed by atoms with van der Waals surface area (Å²) in [6, 6.07) is 11.1. The molecule has 164 valence electrons. The standard InChI is InChI=1S/C23H29ClF2N2O2/c1-15(2)23(28(21(30)14-29)9-8-19(27)13-25)20-12-18(24)11-17(22(20)26)10-16-6-4-3-5-7-16/h3-7,11-12,15,19,23,29H,8-10,13-14,27H2,1-2H3. The molecule has 2 atom stereocenters. The van der Waals surface area contributed by atoms with Crippen LogP contribution in [0.15, 0.2) is 42.5 Å². The number of halogens is 3. The highest BCUT2D eigenvalue weighted by Crippen LogP contribution is 2.35. The van der Waals surface area contributed by atoms with Gasteiger partial charge in [0.05, 0.1) is 6.04 Å². The van der Waals surface area contributed by atoms with Crippen LogP contribution in [0.2, 0.25) is 5.02 Å². The minimum atomic E-state index is -0.732. The van der Waals surface area contributed by atoms with Crippen LogP contribution in [0.1, 0.15) is 43.0 Å². The zero-order valence-electron chi connectivity index (χ0n) is 17.3. The molecule has 0 spiro atoms. The lowest BCUT2D eigenvalue weighted by atomic mass is 9.90. The number of aliphatic hydroxyl groups is 1. The van der Waals surface area contributed by atoms with Gasteiger partial charge in [0.25, 0.3) is 0 Å². The Balaban J connectivity index is 2.47. The highest BCUT2D eigenvalue weighted by molar-refractivity contribution is 6.30. The van der Waals surface area contributed by atoms with Crippen LogP contribution in [-0.2, 0) is 11.2 Å². The molecule has 1 amide bonds. The highest BCUT2D eigenvalue weighted by atomic mass is 35.5. The minimum absolute atomic E-state index is 0.104. The van der Waals surface area contributed by atoms with E-state index in [1.165, 1.54) is 11.0 Å². The van der Waals surface area contributed by atoms with Crippen LogP contribution >= 0.6 is 11.6 Å². The largest absolute Gasteiger partial charge is 0.387 e. The van der Waals surface area contributed by atoms with Crippen LogP contribution in [0.4, 0.5) is 8.78 Å². The number of rotatable bonds is 10. The average molecular weight is 439 g/mol. The number of alkyl halides is 1. The van der Waals surface area contributed by atoms with Gasteiger partial charge in [-0.25, -0.2) is 8.78 Å². The molecule has 0 fully saturated rings. The van der Waals surface area contributed by atoms with Crippen molar-refractivity contribution in [3.05, 3.63) is 70.0 Å². The van der Waals surface area contributed by atoms with Crippen molar-refractivity contribution in [3.63, 3.8) is 0 Å². The maximum absolute atomic E-state index is 15.6. The van der Waals surface area contributed by atoms with Gasteiger partial charge in [0, 0.05) is 29.6 Å². The average Bonchev–Trinajstić information content (AvgIpc) is 2.73. The Morgan fingerprint density at radius 1 is 1.23 bits per heavy atom. The molecule has 0 aromatic heterocycles. The summed E-state index contributed by atoms with van der Waals surface area (Å²) >= 11 is 6.32. The van der Waals surface area contributed by atoms with E-state index in [2.05, 4.69) is 0 Å². The molecule has 0 aliphatic heterocycles. The summed E-state index contributed by atoms with van der Waals surface area (Å²) in [5.74, 6) is -1.18. The Hall–Kier alpha value is -2.02. The first-order valence-electron chi connectivity index (χ1n) is 10.0. The number of hydrogen-bond donors (Lipinski definition) is 2. The maximum Gasteiger partial charge on any atom is 0.248 e. The lowest BCUT2D eigenvalue weighted by Gasteiger charge is -2.35. The molecule has 0 saturated carbocycles. The van der Waals surface area contributed by atoms with Crippen molar-refractivity contribution >= 4 is 17.5 Å². The summed E-state index contributed by atoms with van der Waals surface area (Å²) in [6.07, 6.45) is 0.552. The first kappa shape index (κ1) is 24.3. The van der Waals surface area contributed by atoms with Crippen molar-refractivity contribution in [2.24, 2.45) is 11.7 Å². The van der Waals surface area contributed by atoms with Crippen molar-refractivity contribution < 1.29 is 18.7 Å². The van der Waals surface area contributed by atoms with Gasteiger partial charge in [-0.1, -0.05) is 55.8 Å². The molecule has 0 radical (unpaired) electrons. The molecule has 0 aliphatic rings. The van der Waals surface area contributed by atoms with Crippen molar-refractivity contribution in [1.82, 2.24) is 4.90 Å². The lowest BCUT2D eigenvalue weighted by Crippen LogP contribution is -2.42. The predicted molar refractivity (Wildman–Crippen MR) is 116 cm³/mol. The molecular weight excluding hydrogens is 410 g/mol. The van der Waals surface area contributed by atoms with E-state index in [1.807, 2.05) is 44.2 Å². The van der Waals surface area contributed by atoms with Crippen LogP contribution in [0, 0.1) is 11.7 Å². The molecular formula is C23H29ClF2N2O2. The summed E-state index contributed by atoms with van der Waals surface area (Å²) in [6.45, 7) is 2.37. The van der Waals surface area contributed by atoms with Crippen LogP contribution in [0.25, 0.3) is 0 Å². The highest BCUT2D eigenvalue weighted by Gasteiger charge is 2.31. The van der Waals surface area contributed by atoms with E-state index in [0.29, 0.717) is 17.0 Å². The molecule has 7 heteroatoms. The third kappa shape index (κ3) is 6.24. The second-order valence-corrected chi connectivity index (χ2v) is 8.20. The van der Waals surface area contributed by atoms with E-state index in [4.69, 9.17) is 17.3 Å². The van der Waals surface area contributed by atoms with E-state index in [9.17, 15) is 14.3 Å². The number of nitrogens with zero attached hydrogens (tertiary/aromatic N) is 1. The van der Waals surface area contributed by atoms with Crippen LogP contribution in [0.3, 0.4) is 0 Å². The van der Waals surface area contributed by atoms with Crippen molar-refractivity contribution in [2.45, 2.75) is 38.8 Å². The fraction of sp³-hybridized carbons (Fsp3) is 0.435. The Kier molecular flexibility index (Phi) is 9.21. The lowest BCUT2D eigenvalue weighted by molar-refractivity contribution is -0.138. The molecule has 2 aromatic carbocycles. The van der Waals surface area contributed by atoms with E-state index in [0.717, 1.165) is 5.56 Å². The molecule has 0 heterocycles. The van der Waals surface area contributed by atoms with Gasteiger partial charge in [-0.15, -0.1) is 0 Å². The summed E-state index contributed by atoms with van der Waals surface area (Å²) in [4.78, 5) is 13.9. The fourth-order valence-corrected chi connectivity index (χ4v) is 3.86. The van der Waals surface area contributed by atoms with Gasteiger partial charge in [0.15, 0.2) is 0 Å². The summed E-state index contributed by atoms with van der Waals surface area (Å²) < 4.78 is 28.4. The summed E-state index contributed by atoms with van der Waals surface area (Å²) in [7, 11) is 0. The molecule has 30 heavy (non-hydrogen) atoms. The Morgan fingerprint density at radius 3 is 2.47 bits per heavy atom. The smallest absolute Gasteiger partial charge is 0.248 e. The maximum atomic E-state index is 15.6. The molecule has 0 saturated heterocycles. The zero-order valence-corrected chi connectivity index (χ0v) is 18.1. The van der Waals surface area contributed by atoms with Gasteiger partial charge in [-0.3, -0.25) is 4.79 Å². The normalized spacial score (nSPS) is 13.3. The number of benzene rings is 2. The van der Waals surface area contributed by atoms with Crippen molar-refractivity contribution in [3.8, 4) is 0 Å². The predicted octanol–water partition coefficient (Wildman–Crippen LogP) is 4.27. The van der Waals surface area contributed by atoms with E-state index >= 15 is 4.39 Å². The number of hydrogen-bond acceptors (Lipinski definition) is 3. The van der Waals surface area contributed by atoms with E-state index in [-0.39, 0.29) is 24.4 Å². The Labute approximate surface area is 181 Å². The molecule has 0 aliphatic carbocycles. The van der Waals surface area contributed by atoms with E-state index in [1.54, 1.807) is 6.07 Å². The zero-order chi connectivity index (χ0) is 22.3. The summed E-state index contributed by atoms with van der Waals surface area (Å²) in [5.41, 5.74) is 7.30. The van der Waals surface area contributed by atoms with Gasteiger partial charge in [0.2, 0.25) is 5.91 Å². The number of amides is 1. The van der Waals surface area contributed by atoms with Crippen LogP contribution < -0.4 is 5.73 Å². The van der Waals surface area contributed by atoms with Crippen LogP contribution in [0.5, 0.6) is 0 Å². The molecule has 2 unspecified atom stereocenters. The number of nitrogens with two attached hydrogens (primary N) is 1. The monoisotopic (exact) mass is 438 g/mol. The van der Waals surface area contributed by atoms with Gasteiger partial charge in [0.1, 0.15) is 19.1 Å². The van der Waals surface area contributed by atoms with E-state index < -0.39 is 37.1 Å². The number of carbonyl (C=O) groups is 1.